The van der Waals surface area contributed by atoms with Gasteiger partial charge < -0.3 is 10.6 Å². The van der Waals surface area contributed by atoms with Crippen molar-refractivity contribution in [3.8, 4) is 0 Å². The fourth-order valence-corrected chi connectivity index (χ4v) is 1.86. The number of aromatic nitrogens is 1. The minimum absolute atomic E-state index is 0.146. The summed E-state index contributed by atoms with van der Waals surface area (Å²) in [6, 6.07) is 11.4. The summed E-state index contributed by atoms with van der Waals surface area (Å²) in [5.41, 5.74) is 1.35. The van der Waals surface area contributed by atoms with Crippen molar-refractivity contribution in [3.63, 3.8) is 0 Å². The van der Waals surface area contributed by atoms with E-state index in [1.165, 1.54) is 0 Å². The highest BCUT2D eigenvalue weighted by Crippen LogP contribution is 2.12. The van der Waals surface area contributed by atoms with Gasteiger partial charge in [-0.1, -0.05) is 17.7 Å². The maximum Gasteiger partial charge on any atom is 0.274 e. The molecule has 2 rings (SSSR count). The lowest BCUT2D eigenvalue weighted by Gasteiger charge is -2.06. The zero-order valence-electron chi connectivity index (χ0n) is 11.4. The fourth-order valence-electron chi connectivity index (χ4n) is 1.70. The number of halogens is 1. The standard InChI is InChI=1S/C15H14ClN3O2/c1-2-17-14(20)10-6-8-11(9-7-10)18-15(21)12-4-3-5-13(16)19-12/h3-9H,2H2,1H3,(H,17,20)(H,18,21). The van der Waals surface area contributed by atoms with Crippen molar-refractivity contribution >= 4 is 29.1 Å². The third-order valence-electron chi connectivity index (χ3n) is 2.69. The molecule has 6 heteroatoms. The Morgan fingerprint density at radius 3 is 2.43 bits per heavy atom. The van der Waals surface area contributed by atoms with Crippen LogP contribution in [0.2, 0.25) is 5.15 Å². The number of benzene rings is 1. The maximum absolute atomic E-state index is 12.0. The quantitative estimate of drug-likeness (QED) is 0.853. The van der Waals surface area contributed by atoms with Crippen LogP contribution in [0.1, 0.15) is 27.8 Å². The highest BCUT2D eigenvalue weighted by atomic mass is 35.5. The van der Waals surface area contributed by atoms with E-state index in [0.717, 1.165) is 0 Å². The molecule has 2 amide bonds. The van der Waals surface area contributed by atoms with E-state index < -0.39 is 0 Å². The van der Waals surface area contributed by atoms with Crippen molar-refractivity contribution in [2.75, 3.05) is 11.9 Å². The molecule has 21 heavy (non-hydrogen) atoms. The Hall–Kier alpha value is -2.40. The number of hydrogen-bond acceptors (Lipinski definition) is 3. The third-order valence-corrected chi connectivity index (χ3v) is 2.90. The van der Waals surface area contributed by atoms with Crippen LogP contribution in [0, 0.1) is 0 Å². The molecule has 0 aliphatic rings. The van der Waals surface area contributed by atoms with Gasteiger partial charge in [0.25, 0.3) is 11.8 Å². The number of nitrogens with zero attached hydrogens (tertiary/aromatic N) is 1. The number of carbonyl (C=O) groups is 2. The van der Waals surface area contributed by atoms with Crippen molar-refractivity contribution < 1.29 is 9.59 Å². The molecule has 1 aromatic carbocycles. The van der Waals surface area contributed by atoms with Crippen LogP contribution in [0.25, 0.3) is 0 Å². The van der Waals surface area contributed by atoms with Gasteiger partial charge in [0.2, 0.25) is 0 Å². The van der Waals surface area contributed by atoms with Crippen LogP contribution < -0.4 is 10.6 Å². The SMILES string of the molecule is CCNC(=O)c1ccc(NC(=O)c2cccc(Cl)n2)cc1. The van der Waals surface area contributed by atoms with Crippen molar-refractivity contribution in [1.82, 2.24) is 10.3 Å². The highest BCUT2D eigenvalue weighted by molar-refractivity contribution is 6.29. The first-order chi connectivity index (χ1) is 10.1. The van der Waals surface area contributed by atoms with E-state index in [4.69, 9.17) is 11.6 Å². The van der Waals surface area contributed by atoms with Gasteiger partial charge in [0.1, 0.15) is 10.8 Å². The Morgan fingerprint density at radius 2 is 1.81 bits per heavy atom. The van der Waals surface area contributed by atoms with Crippen molar-refractivity contribution in [1.29, 1.82) is 0 Å². The van der Waals surface area contributed by atoms with Gasteiger partial charge in [-0.05, 0) is 43.3 Å². The van der Waals surface area contributed by atoms with Crippen LogP contribution in [0.4, 0.5) is 5.69 Å². The van der Waals surface area contributed by atoms with Crippen LogP contribution >= 0.6 is 11.6 Å². The number of anilines is 1. The minimum Gasteiger partial charge on any atom is -0.352 e. The Bertz CT molecular complexity index is 656. The molecular formula is C15H14ClN3O2. The molecule has 0 spiro atoms. The van der Waals surface area contributed by atoms with E-state index in [1.807, 2.05) is 6.92 Å². The molecule has 0 aliphatic heterocycles. The fraction of sp³-hybridized carbons (Fsp3) is 0.133. The van der Waals surface area contributed by atoms with Gasteiger partial charge in [0.05, 0.1) is 0 Å². The smallest absolute Gasteiger partial charge is 0.274 e. The van der Waals surface area contributed by atoms with Crippen LogP contribution in [-0.2, 0) is 0 Å². The number of hydrogen-bond donors (Lipinski definition) is 2. The normalized spacial score (nSPS) is 10.0. The van der Waals surface area contributed by atoms with Gasteiger partial charge in [-0.2, -0.15) is 0 Å². The molecule has 1 heterocycles. The minimum atomic E-state index is -0.358. The molecule has 0 radical (unpaired) electrons. The molecule has 0 fully saturated rings. The molecule has 0 saturated heterocycles. The van der Waals surface area contributed by atoms with Crippen molar-refractivity contribution in [2.24, 2.45) is 0 Å². The zero-order chi connectivity index (χ0) is 15.2. The molecule has 0 bridgehead atoms. The van der Waals surface area contributed by atoms with E-state index in [9.17, 15) is 9.59 Å². The predicted octanol–water partition coefficient (Wildman–Crippen LogP) is 2.74. The average molecular weight is 304 g/mol. The Balaban J connectivity index is 2.06. The van der Waals surface area contributed by atoms with Gasteiger partial charge in [-0.15, -0.1) is 0 Å². The number of nitrogens with one attached hydrogen (secondary N) is 2. The molecule has 2 aromatic rings. The summed E-state index contributed by atoms with van der Waals surface area (Å²) in [5, 5.41) is 5.65. The van der Waals surface area contributed by atoms with Gasteiger partial charge in [-0.25, -0.2) is 4.98 Å². The van der Waals surface area contributed by atoms with Crippen LogP contribution in [-0.4, -0.2) is 23.3 Å². The number of amides is 2. The van der Waals surface area contributed by atoms with Gasteiger partial charge >= 0.3 is 0 Å². The molecule has 108 valence electrons. The van der Waals surface area contributed by atoms with Crippen LogP contribution in [0.3, 0.4) is 0 Å². The van der Waals surface area contributed by atoms with Gasteiger partial charge in [-0.3, -0.25) is 9.59 Å². The summed E-state index contributed by atoms with van der Waals surface area (Å²) in [6.07, 6.45) is 0. The third kappa shape index (κ3) is 4.03. The molecule has 0 aliphatic carbocycles. The summed E-state index contributed by atoms with van der Waals surface area (Å²) >= 11 is 5.74. The summed E-state index contributed by atoms with van der Waals surface area (Å²) in [5.74, 6) is -0.504. The van der Waals surface area contributed by atoms with Crippen molar-refractivity contribution in [3.05, 3.63) is 58.9 Å². The molecule has 0 atom stereocenters. The molecule has 0 saturated carbocycles. The van der Waals surface area contributed by atoms with Crippen molar-refractivity contribution in [2.45, 2.75) is 6.92 Å². The predicted molar refractivity (Wildman–Crippen MR) is 81.6 cm³/mol. The zero-order valence-corrected chi connectivity index (χ0v) is 12.1. The Labute approximate surface area is 127 Å². The second-order valence-corrected chi connectivity index (χ2v) is 4.62. The second kappa shape index (κ2) is 6.85. The lowest BCUT2D eigenvalue weighted by atomic mass is 10.2. The Morgan fingerprint density at radius 1 is 1.10 bits per heavy atom. The Kier molecular flexibility index (Phi) is 4.90. The summed E-state index contributed by atoms with van der Waals surface area (Å²) < 4.78 is 0. The highest BCUT2D eigenvalue weighted by Gasteiger charge is 2.09. The van der Waals surface area contributed by atoms with Gasteiger partial charge in [0, 0.05) is 17.8 Å². The maximum atomic E-state index is 12.0. The molecule has 1 aromatic heterocycles. The van der Waals surface area contributed by atoms with E-state index in [0.29, 0.717) is 17.8 Å². The van der Waals surface area contributed by atoms with Crippen LogP contribution in [0.5, 0.6) is 0 Å². The lowest BCUT2D eigenvalue weighted by molar-refractivity contribution is 0.0955. The second-order valence-electron chi connectivity index (χ2n) is 4.24. The molecule has 0 unspecified atom stereocenters. The molecule has 2 N–H and O–H groups in total. The van der Waals surface area contributed by atoms with E-state index in [-0.39, 0.29) is 22.7 Å². The first kappa shape index (κ1) is 15.0. The summed E-state index contributed by atoms with van der Waals surface area (Å²) in [7, 11) is 0. The first-order valence-electron chi connectivity index (χ1n) is 6.42. The number of carbonyl (C=O) groups excluding carboxylic acids is 2. The van der Waals surface area contributed by atoms with Crippen LogP contribution in [0.15, 0.2) is 42.5 Å². The largest absolute Gasteiger partial charge is 0.352 e. The lowest BCUT2D eigenvalue weighted by Crippen LogP contribution is -2.22. The summed E-state index contributed by atoms with van der Waals surface area (Å²) in [6.45, 7) is 2.42. The summed E-state index contributed by atoms with van der Waals surface area (Å²) in [4.78, 5) is 27.5. The van der Waals surface area contributed by atoms with E-state index >= 15 is 0 Å². The monoisotopic (exact) mass is 303 g/mol. The first-order valence-corrected chi connectivity index (χ1v) is 6.80. The van der Waals surface area contributed by atoms with Gasteiger partial charge in [0.15, 0.2) is 0 Å². The topological polar surface area (TPSA) is 71.1 Å². The van der Waals surface area contributed by atoms with E-state index in [1.54, 1.807) is 42.5 Å². The molecule has 5 nitrogen and oxygen atoms in total. The number of pyridine rings is 1. The average Bonchev–Trinajstić information content (AvgIpc) is 2.48. The van der Waals surface area contributed by atoms with E-state index in [2.05, 4.69) is 15.6 Å². The molecular weight excluding hydrogens is 290 g/mol. The number of rotatable bonds is 4.